The first-order valence-corrected chi connectivity index (χ1v) is 6.21. The second-order valence-corrected chi connectivity index (χ2v) is 5.39. The van der Waals surface area contributed by atoms with E-state index in [0.717, 1.165) is 5.56 Å². The smallest absolute Gasteiger partial charge is 0.265 e. The molecule has 1 amide bonds. The molecule has 3 nitrogen and oxygen atoms in total. The Labute approximate surface area is 109 Å². The second-order valence-electron chi connectivity index (χ2n) is 5.39. The van der Waals surface area contributed by atoms with E-state index in [1.54, 1.807) is 7.05 Å². The van der Waals surface area contributed by atoms with Crippen LogP contribution in [0.5, 0.6) is 0 Å². The molecule has 0 aliphatic carbocycles. The van der Waals surface area contributed by atoms with Crippen LogP contribution in [0.3, 0.4) is 0 Å². The van der Waals surface area contributed by atoms with Crippen LogP contribution in [0.15, 0.2) is 35.3 Å². The van der Waals surface area contributed by atoms with Crippen LogP contribution >= 0.6 is 0 Å². The number of hydrogen-bond acceptors (Lipinski definition) is 2. The standard InChI is InChI=1S/C15H22N2O/c1-11(12-9-7-6-8-10-12)17-13(14(18)16-5)15(2,3)4/h6-11H,1-5H3,(H,16,18)/t11-/m1/s1. The third kappa shape index (κ3) is 3.69. The Morgan fingerprint density at radius 1 is 1.22 bits per heavy atom. The summed E-state index contributed by atoms with van der Waals surface area (Å²) in [5, 5.41) is 2.66. The molecule has 0 aliphatic heterocycles. The molecule has 3 heteroatoms. The van der Waals surface area contributed by atoms with Crippen LogP contribution in [-0.2, 0) is 4.79 Å². The maximum atomic E-state index is 11.9. The largest absolute Gasteiger partial charge is 0.354 e. The molecule has 0 radical (unpaired) electrons. The van der Waals surface area contributed by atoms with Crippen LogP contribution in [0, 0.1) is 5.41 Å². The van der Waals surface area contributed by atoms with Crippen molar-refractivity contribution in [2.45, 2.75) is 33.7 Å². The highest BCUT2D eigenvalue weighted by Gasteiger charge is 2.25. The average molecular weight is 246 g/mol. The summed E-state index contributed by atoms with van der Waals surface area (Å²) in [7, 11) is 1.64. The highest BCUT2D eigenvalue weighted by atomic mass is 16.1. The van der Waals surface area contributed by atoms with E-state index in [1.165, 1.54) is 0 Å². The summed E-state index contributed by atoms with van der Waals surface area (Å²) >= 11 is 0. The molecule has 0 saturated carbocycles. The van der Waals surface area contributed by atoms with Crippen molar-refractivity contribution in [1.82, 2.24) is 5.32 Å². The fourth-order valence-electron chi connectivity index (χ4n) is 1.71. The zero-order chi connectivity index (χ0) is 13.8. The van der Waals surface area contributed by atoms with Crippen molar-refractivity contribution in [2.24, 2.45) is 10.4 Å². The number of benzene rings is 1. The van der Waals surface area contributed by atoms with Crippen LogP contribution < -0.4 is 5.32 Å². The lowest BCUT2D eigenvalue weighted by molar-refractivity contribution is -0.114. The van der Waals surface area contributed by atoms with Crippen LogP contribution in [-0.4, -0.2) is 18.7 Å². The summed E-state index contributed by atoms with van der Waals surface area (Å²) in [6.45, 7) is 8.00. The highest BCUT2D eigenvalue weighted by molar-refractivity contribution is 6.40. The molecule has 0 aromatic heterocycles. The maximum absolute atomic E-state index is 11.9. The number of hydrogen-bond donors (Lipinski definition) is 1. The summed E-state index contributed by atoms with van der Waals surface area (Å²) in [6.07, 6.45) is 0. The van der Waals surface area contributed by atoms with Crippen molar-refractivity contribution in [1.29, 1.82) is 0 Å². The molecule has 0 fully saturated rings. The van der Waals surface area contributed by atoms with Gasteiger partial charge in [-0.3, -0.25) is 9.79 Å². The Hall–Kier alpha value is -1.64. The molecular formula is C15H22N2O. The Morgan fingerprint density at radius 3 is 2.22 bits per heavy atom. The zero-order valence-electron chi connectivity index (χ0n) is 11.8. The van der Waals surface area contributed by atoms with E-state index in [1.807, 2.05) is 58.0 Å². The van der Waals surface area contributed by atoms with Crippen molar-refractivity contribution in [3.63, 3.8) is 0 Å². The number of amides is 1. The summed E-state index contributed by atoms with van der Waals surface area (Å²) in [5.74, 6) is -0.106. The highest BCUT2D eigenvalue weighted by Crippen LogP contribution is 2.22. The van der Waals surface area contributed by atoms with E-state index in [9.17, 15) is 4.79 Å². The number of nitrogens with zero attached hydrogens (tertiary/aromatic N) is 1. The normalized spacial score (nSPS) is 14.2. The minimum absolute atomic E-state index is 0.0160. The molecule has 18 heavy (non-hydrogen) atoms. The third-order valence-corrected chi connectivity index (χ3v) is 2.76. The molecule has 0 spiro atoms. The first-order chi connectivity index (χ1) is 8.36. The summed E-state index contributed by atoms with van der Waals surface area (Å²) in [6, 6.07) is 9.98. The topological polar surface area (TPSA) is 41.5 Å². The van der Waals surface area contributed by atoms with Crippen molar-refractivity contribution in [2.75, 3.05) is 7.05 Å². The van der Waals surface area contributed by atoms with Gasteiger partial charge in [0, 0.05) is 12.5 Å². The quantitative estimate of drug-likeness (QED) is 0.818. The Balaban J connectivity index is 3.06. The second kappa shape index (κ2) is 5.80. The van der Waals surface area contributed by atoms with Crippen LogP contribution in [0.2, 0.25) is 0 Å². The van der Waals surface area contributed by atoms with E-state index < -0.39 is 0 Å². The molecule has 1 atom stereocenters. The Kier molecular flexibility index (Phi) is 4.65. The van der Waals surface area contributed by atoms with Gasteiger partial charge in [-0.2, -0.15) is 0 Å². The Bertz CT molecular complexity index is 430. The summed E-state index contributed by atoms with van der Waals surface area (Å²) in [5.41, 5.74) is 1.44. The van der Waals surface area contributed by atoms with Gasteiger partial charge in [-0.25, -0.2) is 0 Å². The minimum Gasteiger partial charge on any atom is -0.354 e. The fraction of sp³-hybridized carbons (Fsp3) is 0.467. The predicted octanol–water partition coefficient (Wildman–Crippen LogP) is 2.98. The summed E-state index contributed by atoms with van der Waals surface area (Å²) in [4.78, 5) is 16.5. The van der Waals surface area contributed by atoms with Gasteiger partial charge < -0.3 is 5.32 Å². The van der Waals surface area contributed by atoms with Gasteiger partial charge in [0.05, 0.1) is 6.04 Å². The van der Waals surface area contributed by atoms with Gasteiger partial charge in [-0.15, -0.1) is 0 Å². The maximum Gasteiger partial charge on any atom is 0.265 e. The van der Waals surface area contributed by atoms with Crippen molar-refractivity contribution >= 4 is 11.6 Å². The number of carbonyl (C=O) groups is 1. The molecule has 1 aromatic carbocycles. The number of aliphatic imine (C=N–C) groups is 1. The summed E-state index contributed by atoms with van der Waals surface area (Å²) < 4.78 is 0. The molecule has 0 heterocycles. The van der Waals surface area contributed by atoms with E-state index in [0.29, 0.717) is 5.71 Å². The van der Waals surface area contributed by atoms with Gasteiger partial charge in [0.1, 0.15) is 5.71 Å². The fourth-order valence-corrected chi connectivity index (χ4v) is 1.71. The Morgan fingerprint density at radius 2 is 1.78 bits per heavy atom. The van der Waals surface area contributed by atoms with Crippen molar-refractivity contribution < 1.29 is 4.79 Å². The van der Waals surface area contributed by atoms with Gasteiger partial charge in [-0.05, 0) is 12.5 Å². The number of nitrogens with one attached hydrogen (secondary N) is 1. The predicted molar refractivity (Wildman–Crippen MR) is 75.8 cm³/mol. The van der Waals surface area contributed by atoms with E-state index in [2.05, 4.69) is 10.3 Å². The first kappa shape index (κ1) is 14.4. The van der Waals surface area contributed by atoms with E-state index in [-0.39, 0.29) is 17.4 Å². The lowest BCUT2D eigenvalue weighted by Crippen LogP contribution is -2.37. The first-order valence-electron chi connectivity index (χ1n) is 6.21. The van der Waals surface area contributed by atoms with E-state index in [4.69, 9.17) is 0 Å². The van der Waals surface area contributed by atoms with Gasteiger partial charge in [0.2, 0.25) is 0 Å². The van der Waals surface area contributed by atoms with Crippen LogP contribution in [0.25, 0.3) is 0 Å². The van der Waals surface area contributed by atoms with Gasteiger partial charge in [0.15, 0.2) is 0 Å². The lowest BCUT2D eigenvalue weighted by atomic mass is 9.89. The molecule has 1 aromatic rings. The SMILES string of the molecule is CNC(=O)C(=N[C@H](C)c1ccccc1)C(C)(C)C. The average Bonchev–Trinajstić information content (AvgIpc) is 2.34. The molecule has 0 aliphatic rings. The van der Waals surface area contributed by atoms with Crippen molar-refractivity contribution in [3.8, 4) is 0 Å². The van der Waals surface area contributed by atoms with Gasteiger partial charge in [0.25, 0.3) is 5.91 Å². The number of carbonyl (C=O) groups excluding carboxylic acids is 1. The minimum atomic E-state index is -0.261. The van der Waals surface area contributed by atoms with Gasteiger partial charge >= 0.3 is 0 Å². The molecule has 0 unspecified atom stereocenters. The van der Waals surface area contributed by atoms with Crippen LogP contribution in [0.1, 0.15) is 39.3 Å². The van der Waals surface area contributed by atoms with Crippen LogP contribution in [0.4, 0.5) is 0 Å². The molecular weight excluding hydrogens is 224 g/mol. The van der Waals surface area contributed by atoms with Crippen molar-refractivity contribution in [3.05, 3.63) is 35.9 Å². The van der Waals surface area contributed by atoms with Gasteiger partial charge in [-0.1, -0.05) is 51.1 Å². The van der Waals surface area contributed by atoms with E-state index >= 15 is 0 Å². The number of rotatable bonds is 3. The molecule has 98 valence electrons. The molecule has 0 bridgehead atoms. The third-order valence-electron chi connectivity index (χ3n) is 2.76. The molecule has 0 saturated heterocycles. The molecule has 1 rings (SSSR count). The zero-order valence-corrected chi connectivity index (χ0v) is 11.8. The monoisotopic (exact) mass is 246 g/mol. The lowest BCUT2D eigenvalue weighted by Gasteiger charge is -2.22. The molecule has 1 N–H and O–H groups in total.